The summed E-state index contributed by atoms with van der Waals surface area (Å²) < 4.78 is 5.08. The fourth-order valence-electron chi connectivity index (χ4n) is 0.851. The highest BCUT2D eigenvalue weighted by molar-refractivity contribution is 5.86. The first-order valence-electron chi connectivity index (χ1n) is 4.37. The molecule has 1 heterocycles. The monoisotopic (exact) mass is 194 g/mol. The molecule has 0 saturated carbocycles. The van der Waals surface area contributed by atoms with Crippen molar-refractivity contribution >= 4 is 12.0 Å². The summed E-state index contributed by atoms with van der Waals surface area (Å²) >= 11 is 0. The lowest BCUT2D eigenvalue weighted by molar-refractivity contribution is -0.148. The summed E-state index contributed by atoms with van der Waals surface area (Å²) in [6.45, 7) is 5.48. The number of aromatic nitrogens is 2. The Morgan fingerprint density at radius 1 is 1.57 bits per heavy atom. The van der Waals surface area contributed by atoms with Crippen LogP contribution < -0.4 is 0 Å². The summed E-state index contributed by atoms with van der Waals surface area (Å²) in [5.74, 6) is -0.355. The minimum atomic E-state index is -0.449. The number of esters is 1. The van der Waals surface area contributed by atoms with E-state index in [1.807, 2.05) is 20.8 Å². The number of carbonyl (C=O) groups is 1. The Kier molecular flexibility index (Phi) is 3.06. The Balaban J connectivity index is 2.49. The van der Waals surface area contributed by atoms with Crippen molar-refractivity contribution in [3.8, 4) is 0 Å². The molecule has 0 saturated heterocycles. The number of carbonyl (C=O) groups excluding carboxylic acids is 1. The first kappa shape index (κ1) is 10.5. The molecule has 4 nitrogen and oxygen atoms in total. The van der Waals surface area contributed by atoms with Gasteiger partial charge >= 0.3 is 5.97 Å². The van der Waals surface area contributed by atoms with E-state index in [2.05, 4.69) is 9.97 Å². The van der Waals surface area contributed by atoms with Crippen LogP contribution in [0, 0.1) is 0 Å². The molecule has 0 unspecified atom stereocenters. The molecule has 0 atom stereocenters. The molecule has 1 aromatic rings. The highest BCUT2D eigenvalue weighted by Gasteiger charge is 2.13. The minimum absolute atomic E-state index is 0.355. The van der Waals surface area contributed by atoms with Crippen molar-refractivity contribution in [1.82, 2.24) is 9.97 Å². The smallest absolute Gasteiger partial charge is 0.331 e. The van der Waals surface area contributed by atoms with Crippen LogP contribution >= 0.6 is 0 Å². The average molecular weight is 194 g/mol. The van der Waals surface area contributed by atoms with Gasteiger partial charge in [-0.15, -0.1) is 0 Å². The second-order valence-corrected chi connectivity index (χ2v) is 3.87. The standard InChI is InChI=1S/C10H14N2O2/c1-10(2,3)14-9(13)5-4-8-6-11-7-12-8/h4-7H,1-3H3,(H,11,12). The number of rotatable bonds is 2. The molecule has 1 aromatic heterocycles. The van der Waals surface area contributed by atoms with E-state index >= 15 is 0 Å². The maximum Gasteiger partial charge on any atom is 0.331 e. The van der Waals surface area contributed by atoms with Crippen molar-refractivity contribution in [3.63, 3.8) is 0 Å². The summed E-state index contributed by atoms with van der Waals surface area (Å²) in [6, 6.07) is 0. The lowest BCUT2D eigenvalue weighted by atomic mass is 10.2. The van der Waals surface area contributed by atoms with Gasteiger partial charge in [0.05, 0.1) is 18.2 Å². The number of imidazole rings is 1. The molecule has 0 fully saturated rings. The Bertz CT molecular complexity index is 320. The summed E-state index contributed by atoms with van der Waals surface area (Å²) in [7, 11) is 0. The van der Waals surface area contributed by atoms with Gasteiger partial charge in [0.1, 0.15) is 5.60 Å². The van der Waals surface area contributed by atoms with Gasteiger partial charge in [0, 0.05) is 6.08 Å². The Morgan fingerprint density at radius 2 is 2.29 bits per heavy atom. The number of H-pyrrole nitrogens is 1. The highest BCUT2D eigenvalue weighted by Crippen LogP contribution is 2.07. The Labute approximate surface area is 83.0 Å². The van der Waals surface area contributed by atoms with Crippen molar-refractivity contribution in [2.75, 3.05) is 0 Å². The maximum atomic E-state index is 11.2. The molecule has 0 amide bonds. The third kappa shape index (κ3) is 3.89. The molecule has 0 radical (unpaired) electrons. The number of nitrogens with one attached hydrogen (secondary N) is 1. The lowest BCUT2D eigenvalue weighted by Crippen LogP contribution is -2.22. The van der Waals surface area contributed by atoms with Crippen LogP contribution in [0.5, 0.6) is 0 Å². The zero-order valence-electron chi connectivity index (χ0n) is 8.57. The Hall–Kier alpha value is -1.58. The summed E-state index contributed by atoms with van der Waals surface area (Å²) in [6.07, 6.45) is 6.18. The fourth-order valence-corrected chi connectivity index (χ4v) is 0.851. The van der Waals surface area contributed by atoms with Crippen molar-refractivity contribution in [2.24, 2.45) is 0 Å². The normalized spacial score (nSPS) is 11.9. The van der Waals surface area contributed by atoms with Gasteiger partial charge in [-0.05, 0) is 26.8 Å². The van der Waals surface area contributed by atoms with Crippen LogP contribution in [0.3, 0.4) is 0 Å². The van der Waals surface area contributed by atoms with Gasteiger partial charge in [-0.3, -0.25) is 0 Å². The van der Waals surface area contributed by atoms with E-state index < -0.39 is 5.60 Å². The molecule has 1 rings (SSSR count). The van der Waals surface area contributed by atoms with Crippen LogP contribution in [-0.2, 0) is 9.53 Å². The number of hydrogen-bond donors (Lipinski definition) is 1. The topological polar surface area (TPSA) is 55.0 Å². The van der Waals surface area contributed by atoms with Gasteiger partial charge < -0.3 is 9.72 Å². The number of ether oxygens (including phenoxy) is 1. The van der Waals surface area contributed by atoms with Crippen LogP contribution in [-0.4, -0.2) is 21.5 Å². The van der Waals surface area contributed by atoms with Gasteiger partial charge in [0.2, 0.25) is 0 Å². The van der Waals surface area contributed by atoms with E-state index in [1.54, 1.807) is 18.6 Å². The number of nitrogens with zero attached hydrogens (tertiary/aromatic N) is 1. The molecular formula is C10H14N2O2. The predicted octanol–water partition coefficient (Wildman–Crippen LogP) is 1.76. The third-order valence-corrected chi connectivity index (χ3v) is 1.33. The lowest BCUT2D eigenvalue weighted by Gasteiger charge is -2.17. The van der Waals surface area contributed by atoms with E-state index in [1.165, 1.54) is 6.08 Å². The molecule has 14 heavy (non-hydrogen) atoms. The first-order chi connectivity index (χ1) is 6.47. The molecular weight excluding hydrogens is 180 g/mol. The van der Waals surface area contributed by atoms with Crippen LogP contribution in [0.4, 0.5) is 0 Å². The molecule has 0 bridgehead atoms. The molecule has 1 N–H and O–H groups in total. The van der Waals surface area contributed by atoms with E-state index in [4.69, 9.17) is 4.74 Å². The molecule has 4 heteroatoms. The Morgan fingerprint density at radius 3 is 2.79 bits per heavy atom. The van der Waals surface area contributed by atoms with Crippen LogP contribution in [0.2, 0.25) is 0 Å². The van der Waals surface area contributed by atoms with Gasteiger partial charge in [0.25, 0.3) is 0 Å². The van der Waals surface area contributed by atoms with Crippen LogP contribution in [0.1, 0.15) is 26.5 Å². The molecule has 0 aliphatic heterocycles. The van der Waals surface area contributed by atoms with E-state index in [9.17, 15) is 4.79 Å². The largest absolute Gasteiger partial charge is 0.457 e. The van der Waals surface area contributed by atoms with Crippen LogP contribution in [0.15, 0.2) is 18.6 Å². The quantitative estimate of drug-likeness (QED) is 0.576. The first-order valence-corrected chi connectivity index (χ1v) is 4.37. The minimum Gasteiger partial charge on any atom is -0.457 e. The summed E-state index contributed by atoms with van der Waals surface area (Å²) in [5.41, 5.74) is 0.325. The average Bonchev–Trinajstić information content (AvgIpc) is 2.49. The molecule has 0 aliphatic carbocycles. The zero-order chi connectivity index (χ0) is 10.6. The van der Waals surface area contributed by atoms with E-state index in [-0.39, 0.29) is 5.97 Å². The molecule has 0 aliphatic rings. The fraction of sp³-hybridized carbons (Fsp3) is 0.400. The van der Waals surface area contributed by atoms with Crippen molar-refractivity contribution in [2.45, 2.75) is 26.4 Å². The molecule has 76 valence electrons. The second-order valence-electron chi connectivity index (χ2n) is 3.87. The number of hydrogen-bond acceptors (Lipinski definition) is 3. The van der Waals surface area contributed by atoms with E-state index in [0.29, 0.717) is 0 Å². The predicted molar refractivity (Wildman–Crippen MR) is 53.5 cm³/mol. The summed E-state index contributed by atoms with van der Waals surface area (Å²) in [4.78, 5) is 17.9. The van der Waals surface area contributed by atoms with E-state index in [0.717, 1.165) is 5.69 Å². The van der Waals surface area contributed by atoms with Crippen LogP contribution in [0.25, 0.3) is 6.08 Å². The van der Waals surface area contributed by atoms with Crippen molar-refractivity contribution < 1.29 is 9.53 Å². The van der Waals surface area contributed by atoms with Gasteiger partial charge in [0.15, 0.2) is 0 Å². The SMILES string of the molecule is CC(C)(C)OC(=O)C=Cc1cnc[nH]1. The van der Waals surface area contributed by atoms with Gasteiger partial charge in [-0.1, -0.05) is 0 Å². The zero-order valence-corrected chi connectivity index (χ0v) is 8.57. The molecule has 0 spiro atoms. The van der Waals surface area contributed by atoms with Crippen molar-refractivity contribution in [3.05, 3.63) is 24.3 Å². The summed E-state index contributed by atoms with van der Waals surface area (Å²) in [5, 5.41) is 0. The maximum absolute atomic E-state index is 11.2. The van der Waals surface area contributed by atoms with Gasteiger partial charge in [-0.25, -0.2) is 9.78 Å². The third-order valence-electron chi connectivity index (χ3n) is 1.33. The van der Waals surface area contributed by atoms with Gasteiger partial charge in [-0.2, -0.15) is 0 Å². The van der Waals surface area contributed by atoms with Crippen molar-refractivity contribution in [1.29, 1.82) is 0 Å². The highest BCUT2D eigenvalue weighted by atomic mass is 16.6. The molecule has 0 aromatic carbocycles. The second kappa shape index (κ2) is 4.09. The number of aromatic amines is 1.